The van der Waals surface area contributed by atoms with Crippen LogP contribution in [0.4, 0.5) is 11.4 Å². The number of nitrogens with one attached hydrogen (secondary N) is 2. The number of nitro groups is 1. The molecule has 136 valence electrons. The molecule has 0 saturated heterocycles. The summed E-state index contributed by atoms with van der Waals surface area (Å²) in [4.78, 5) is 34.0. The van der Waals surface area contributed by atoms with Crippen LogP contribution >= 0.6 is 0 Å². The van der Waals surface area contributed by atoms with Crippen LogP contribution in [0.3, 0.4) is 0 Å². The Bertz CT molecular complexity index is 885. The highest BCUT2D eigenvalue weighted by atomic mass is 16.6. The van der Waals surface area contributed by atoms with Gasteiger partial charge in [0.15, 0.2) is 0 Å². The van der Waals surface area contributed by atoms with Crippen molar-refractivity contribution in [2.24, 2.45) is 7.05 Å². The van der Waals surface area contributed by atoms with E-state index in [-0.39, 0.29) is 18.1 Å². The summed E-state index contributed by atoms with van der Waals surface area (Å²) in [6.45, 7) is 3.41. The van der Waals surface area contributed by atoms with Gasteiger partial charge in [0.05, 0.1) is 28.5 Å². The molecule has 0 aliphatic carbocycles. The molecule has 0 aliphatic rings. The highest BCUT2D eigenvalue weighted by molar-refractivity contribution is 5.98. The average molecular weight is 357 g/mol. The van der Waals surface area contributed by atoms with E-state index in [9.17, 15) is 19.7 Å². The number of benzene rings is 1. The maximum absolute atomic E-state index is 12.0. The molecule has 0 atom stereocenters. The van der Waals surface area contributed by atoms with E-state index in [1.807, 2.05) is 6.92 Å². The zero-order chi connectivity index (χ0) is 19.3. The standard InChI is InChI=1S/C17H19N5O4/c1-11-17(12(2)21(3)20-11)19-16(24)10-18-15(23)8-7-13-5-4-6-14(9-13)22(25)26/h4-9H,10H2,1-3H3,(H,18,23)(H,19,24)/b8-7+. The summed E-state index contributed by atoms with van der Waals surface area (Å²) in [5.41, 5.74) is 2.58. The number of hydrogen-bond donors (Lipinski definition) is 2. The van der Waals surface area contributed by atoms with Gasteiger partial charge in [0.1, 0.15) is 0 Å². The van der Waals surface area contributed by atoms with E-state index in [1.54, 1.807) is 24.7 Å². The summed E-state index contributed by atoms with van der Waals surface area (Å²) in [5, 5.41) is 20.1. The molecular formula is C17H19N5O4. The maximum Gasteiger partial charge on any atom is 0.270 e. The van der Waals surface area contributed by atoms with Crippen molar-refractivity contribution >= 4 is 29.3 Å². The first-order valence-electron chi connectivity index (χ1n) is 7.78. The Hall–Kier alpha value is -3.49. The van der Waals surface area contributed by atoms with E-state index in [4.69, 9.17) is 0 Å². The molecule has 26 heavy (non-hydrogen) atoms. The van der Waals surface area contributed by atoms with Gasteiger partial charge < -0.3 is 10.6 Å². The Morgan fingerprint density at radius 3 is 2.69 bits per heavy atom. The van der Waals surface area contributed by atoms with Gasteiger partial charge in [0, 0.05) is 25.3 Å². The minimum Gasteiger partial charge on any atom is -0.343 e. The molecule has 0 aliphatic heterocycles. The predicted octanol–water partition coefficient (Wildman–Crippen LogP) is 1.71. The van der Waals surface area contributed by atoms with Crippen molar-refractivity contribution in [2.75, 3.05) is 11.9 Å². The number of carbonyl (C=O) groups excluding carboxylic acids is 2. The Morgan fingerprint density at radius 1 is 1.35 bits per heavy atom. The fraction of sp³-hybridized carbons (Fsp3) is 0.235. The zero-order valence-electron chi connectivity index (χ0n) is 14.6. The van der Waals surface area contributed by atoms with Crippen LogP contribution in [0.1, 0.15) is 17.0 Å². The molecule has 1 aromatic carbocycles. The lowest BCUT2D eigenvalue weighted by atomic mass is 10.2. The molecule has 0 saturated carbocycles. The minimum absolute atomic E-state index is 0.0610. The van der Waals surface area contributed by atoms with Gasteiger partial charge in [-0.2, -0.15) is 5.10 Å². The number of amides is 2. The summed E-state index contributed by atoms with van der Waals surface area (Å²) in [5.74, 6) is -0.854. The molecule has 1 aromatic heterocycles. The molecule has 0 spiro atoms. The van der Waals surface area contributed by atoms with Gasteiger partial charge in [-0.15, -0.1) is 0 Å². The van der Waals surface area contributed by atoms with E-state index in [2.05, 4.69) is 15.7 Å². The zero-order valence-corrected chi connectivity index (χ0v) is 14.6. The molecule has 2 rings (SSSR count). The Kier molecular flexibility index (Phi) is 5.84. The van der Waals surface area contributed by atoms with E-state index in [0.717, 1.165) is 5.69 Å². The van der Waals surface area contributed by atoms with Gasteiger partial charge >= 0.3 is 0 Å². The maximum atomic E-state index is 12.0. The van der Waals surface area contributed by atoms with Gasteiger partial charge in [-0.1, -0.05) is 12.1 Å². The van der Waals surface area contributed by atoms with Gasteiger partial charge in [-0.05, 0) is 25.5 Å². The second kappa shape index (κ2) is 8.06. The van der Waals surface area contributed by atoms with E-state index >= 15 is 0 Å². The molecular weight excluding hydrogens is 338 g/mol. The third kappa shape index (κ3) is 4.76. The lowest BCUT2D eigenvalue weighted by molar-refractivity contribution is -0.384. The lowest BCUT2D eigenvalue weighted by Crippen LogP contribution is -2.31. The highest BCUT2D eigenvalue weighted by Gasteiger charge is 2.12. The largest absolute Gasteiger partial charge is 0.343 e. The number of anilines is 1. The highest BCUT2D eigenvalue weighted by Crippen LogP contribution is 2.18. The second-order valence-corrected chi connectivity index (χ2v) is 5.62. The number of nitrogens with zero attached hydrogens (tertiary/aromatic N) is 3. The quantitative estimate of drug-likeness (QED) is 0.463. The Morgan fingerprint density at radius 2 is 2.08 bits per heavy atom. The number of non-ortho nitro benzene ring substituents is 1. The van der Waals surface area contributed by atoms with Crippen LogP contribution in [-0.4, -0.2) is 33.1 Å². The molecule has 2 aromatic rings. The van der Waals surface area contributed by atoms with Crippen LogP contribution in [0.2, 0.25) is 0 Å². The summed E-state index contributed by atoms with van der Waals surface area (Å²) >= 11 is 0. The van der Waals surface area contributed by atoms with Crippen molar-refractivity contribution in [3.05, 3.63) is 57.4 Å². The Labute approximate surface area is 149 Å². The first-order chi connectivity index (χ1) is 12.3. The van der Waals surface area contributed by atoms with Gasteiger partial charge in [-0.25, -0.2) is 0 Å². The van der Waals surface area contributed by atoms with Gasteiger partial charge in [0.2, 0.25) is 11.8 Å². The lowest BCUT2D eigenvalue weighted by Gasteiger charge is -2.06. The smallest absolute Gasteiger partial charge is 0.270 e. The number of aromatic nitrogens is 2. The molecule has 0 radical (unpaired) electrons. The van der Waals surface area contributed by atoms with Crippen LogP contribution in [0.5, 0.6) is 0 Å². The minimum atomic E-state index is -0.510. The molecule has 0 fully saturated rings. The Balaban J connectivity index is 1.89. The summed E-state index contributed by atoms with van der Waals surface area (Å²) in [6.07, 6.45) is 2.66. The van der Waals surface area contributed by atoms with Gasteiger partial charge in [0.25, 0.3) is 5.69 Å². The number of rotatable bonds is 6. The van der Waals surface area contributed by atoms with Crippen LogP contribution in [0.25, 0.3) is 6.08 Å². The molecule has 1 heterocycles. The number of carbonyl (C=O) groups is 2. The summed E-state index contributed by atoms with van der Waals surface area (Å²) in [7, 11) is 1.78. The van der Waals surface area contributed by atoms with Crippen molar-refractivity contribution in [1.82, 2.24) is 15.1 Å². The molecule has 9 nitrogen and oxygen atoms in total. The fourth-order valence-corrected chi connectivity index (χ4v) is 2.28. The van der Waals surface area contributed by atoms with Crippen molar-refractivity contribution in [3.63, 3.8) is 0 Å². The van der Waals surface area contributed by atoms with Crippen molar-refractivity contribution in [3.8, 4) is 0 Å². The van der Waals surface area contributed by atoms with E-state index in [0.29, 0.717) is 16.9 Å². The van der Waals surface area contributed by atoms with Crippen LogP contribution < -0.4 is 10.6 Å². The first-order valence-corrected chi connectivity index (χ1v) is 7.78. The second-order valence-electron chi connectivity index (χ2n) is 5.62. The summed E-state index contributed by atoms with van der Waals surface area (Å²) in [6, 6.07) is 5.88. The SMILES string of the molecule is Cc1nn(C)c(C)c1NC(=O)CNC(=O)/C=C/c1cccc([N+](=O)[O-])c1. The first kappa shape index (κ1) is 18.8. The third-order valence-electron chi connectivity index (χ3n) is 3.70. The molecule has 9 heteroatoms. The van der Waals surface area contributed by atoms with E-state index in [1.165, 1.54) is 30.4 Å². The van der Waals surface area contributed by atoms with Crippen LogP contribution in [0, 0.1) is 24.0 Å². The number of hydrogen-bond acceptors (Lipinski definition) is 5. The monoisotopic (exact) mass is 357 g/mol. The molecule has 0 bridgehead atoms. The summed E-state index contributed by atoms with van der Waals surface area (Å²) < 4.78 is 1.66. The normalized spacial score (nSPS) is 10.7. The molecule has 2 N–H and O–H groups in total. The topological polar surface area (TPSA) is 119 Å². The van der Waals surface area contributed by atoms with Crippen molar-refractivity contribution < 1.29 is 14.5 Å². The van der Waals surface area contributed by atoms with Crippen LogP contribution in [0.15, 0.2) is 30.3 Å². The number of nitro benzene ring substituents is 1. The number of aryl methyl sites for hydroxylation is 2. The third-order valence-corrected chi connectivity index (χ3v) is 3.70. The van der Waals surface area contributed by atoms with E-state index < -0.39 is 10.8 Å². The van der Waals surface area contributed by atoms with Crippen LogP contribution in [-0.2, 0) is 16.6 Å². The average Bonchev–Trinajstić information content (AvgIpc) is 2.84. The predicted molar refractivity (Wildman–Crippen MR) is 96.5 cm³/mol. The van der Waals surface area contributed by atoms with Crippen molar-refractivity contribution in [1.29, 1.82) is 0 Å². The van der Waals surface area contributed by atoms with Crippen molar-refractivity contribution in [2.45, 2.75) is 13.8 Å². The molecule has 0 unspecified atom stereocenters. The van der Waals surface area contributed by atoms with Gasteiger partial charge in [-0.3, -0.25) is 24.4 Å². The molecule has 2 amide bonds. The fourth-order valence-electron chi connectivity index (χ4n) is 2.28.